The summed E-state index contributed by atoms with van der Waals surface area (Å²) in [5, 5.41) is 9.67. The molecule has 0 saturated carbocycles. The van der Waals surface area contributed by atoms with Crippen molar-refractivity contribution in [2.75, 3.05) is 5.43 Å². The lowest BCUT2D eigenvalue weighted by Crippen LogP contribution is -2.29. The second kappa shape index (κ2) is 5.80. The SMILES string of the molecule is CC1C=Cc2nnc(Cc3ccc4ncc(-c5cnc[nH]5)cc4c3)n2N1. The van der Waals surface area contributed by atoms with Gasteiger partial charge in [-0.1, -0.05) is 12.1 Å². The van der Waals surface area contributed by atoms with Gasteiger partial charge < -0.3 is 10.4 Å². The summed E-state index contributed by atoms with van der Waals surface area (Å²) < 4.78 is 1.97. The van der Waals surface area contributed by atoms with Gasteiger partial charge in [-0.15, -0.1) is 10.2 Å². The number of aromatic amines is 1. The molecule has 0 amide bonds. The van der Waals surface area contributed by atoms with Crippen LogP contribution in [0.5, 0.6) is 0 Å². The number of nitrogens with one attached hydrogen (secondary N) is 2. The molecule has 1 aliphatic rings. The fraction of sp³-hybridized carbons (Fsp3) is 0.158. The molecule has 0 fully saturated rings. The van der Waals surface area contributed by atoms with Crippen LogP contribution in [0.3, 0.4) is 0 Å². The second-order valence-electron chi connectivity index (χ2n) is 6.48. The average Bonchev–Trinajstić information content (AvgIpc) is 3.32. The second-order valence-corrected chi connectivity index (χ2v) is 6.48. The van der Waals surface area contributed by atoms with E-state index in [1.807, 2.05) is 23.0 Å². The minimum Gasteiger partial charge on any atom is -0.345 e. The number of nitrogens with zero attached hydrogens (tertiary/aromatic N) is 5. The Morgan fingerprint density at radius 3 is 3.00 bits per heavy atom. The first kappa shape index (κ1) is 14.8. The summed E-state index contributed by atoms with van der Waals surface area (Å²) in [5.74, 6) is 1.73. The largest absolute Gasteiger partial charge is 0.345 e. The number of H-pyrrole nitrogens is 1. The topological polar surface area (TPSA) is 84.3 Å². The molecule has 7 nitrogen and oxygen atoms in total. The molecule has 1 atom stereocenters. The Kier molecular flexibility index (Phi) is 3.31. The molecule has 0 bridgehead atoms. The summed E-state index contributed by atoms with van der Waals surface area (Å²) in [6, 6.07) is 8.68. The molecule has 4 heterocycles. The van der Waals surface area contributed by atoms with Gasteiger partial charge in [0.25, 0.3) is 0 Å². The summed E-state index contributed by atoms with van der Waals surface area (Å²) in [4.78, 5) is 11.8. The zero-order chi connectivity index (χ0) is 17.5. The van der Waals surface area contributed by atoms with E-state index < -0.39 is 0 Å². The number of rotatable bonds is 3. The smallest absolute Gasteiger partial charge is 0.175 e. The third-order valence-electron chi connectivity index (χ3n) is 4.54. The standard InChI is InChI=1S/C19H17N7/c1-12-2-5-18-23-24-19(26(18)25-12)7-13-3-4-16-14(6-13)8-15(9-21-16)17-10-20-11-22-17/h2-6,8-12,25H,7H2,1H3,(H,20,22). The van der Waals surface area contributed by atoms with E-state index >= 15 is 0 Å². The number of benzene rings is 1. The number of hydrogen-bond donors (Lipinski definition) is 2. The van der Waals surface area contributed by atoms with Crippen molar-refractivity contribution in [2.24, 2.45) is 0 Å². The van der Waals surface area contributed by atoms with Crippen LogP contribution in [0.25, 0.3) is 28.2 Å². The van der Waals surface area contributed by atoms with Crippen LogP contribution >= 0.6 is 0 Å². The van der Waals surface area contributed by atoms with E-state index in [4.69, 9.17) is 0 Å². The Morgan fingerprint density at radius 2 is 2.12 bits per heavy atom. The van der Waals surface area contributed by atoms with Crippen molar-refractivity contribution in [3.8, 4) is 11.3 Å². The Hall–Kier alpha value is -3.48. The van der Waals surface area contributed by atoms with Crippen molar-refractivity contribution in [2.45, 2.75) is 19.4 Å². The van der Waals surface area contributed by atoms with Crippen molar-refractivity contribution < 1.29 is 0 Å². The van der Waals surface area contributed by atoms with Crippen molar-refractivity contribution in [3.05, 3.63) is 66.3 Å². The highest BCUT2D eigenvalue weighted by Crippen LogP contribution is 2.23. The molecule has 3 aromatic heterocycles. The summed E-state index contributed by atoms with van der Waals surface area (Å²) in [6.07, 6.45) is 10.1. The zero-order valence-electron chi connectivity index (χ0n) is 14.2. The van der Waals surface area contributed by atoms with Crippen LogP contribution in [0.2, 0.25) is 0 Å². The van der Waals surface area contributed by atoms with Gasteiger partial charge >= 0.3 is 0 Å². The molecule has 128 valence electrons. The van der Waals surface area contributed by atoms with E-state index in [-0.39, 0.29) is 6.04 Å². The van der Waals surface area contributed by atoms with Crippen LogP contribution in [-0.2, 0) is 6.42 Å². The number of imidazole rings is 1. The third-order valence-corrected chi connectivity index (χ3v) is 4.54. The number of pyridine rings is 1. The van der Waals surface area contributed by atoms with Gasteiger partial charge in [0, 0.05) is 23.6 Å². The van der Waals surface area contributed by atoms with Gasteiger partial charge in [-0.3, -0.25) is 4.98 Å². The van der Waals surface area contributed by atoms with E-state index in [1.165, 1.54) is 5.56 Å². The highest BCUT2D eigenvalue weighted by Gasteiger charge is 2.15. The molecule has 1 aliphatic heterocycles. The van der Waals surface area contributed by atoms with E-state index in [2.05, 4.69) is 61.8 Å². The number of aromatic nitrogens is 6. The summed E-state index contributed by atoms with van der Waals surface area (Å²) in [7, 11) is 0. The van der Waals surface area contributed by atoms with E-state index in [0.29, 0.717) is 6.42 Å². The minimum absolute atomic E-state index is 0.259. The molecule has 0 radical (unpaired) electrons. The molecule has 0 aliphatic carbocycles. The van der Waals surface area contributed by atoms with E-state index in [0.717, 1.165) is 33.8 Å². The highest BCUT2D eigenvalue weighted by molar-refractivity contribution is 5.83. The molecule has 5 rings (SSSR count). The van der Waals surface area contributed by atoms with Crippen LogP contribution in [0.15, 0.2) is 49.1 Å². The maximum absolute atomic E-state index is 4.55. The molecule has 7 heteroatoms. The lowest BCUT2D eigenvalue weighted by Gasteiger charge is -2.19. The van der Waals surface area contributed by atoms with Crippen LogP contribution in [0.4, 0.5) is 0 Å². The molecular formula is C19H17N7. The molecular weight excluding hydrogens is 326 g/mol. The first-order chi connectivity index (χ1) is 12.8. The normalized spacial score (nSPS) is 15.8. The van der Waals surface area contributed by atoms with Crippen molar-refractivity contribution >= 4 is 17.0 Å². The Balaban J connectivity index is 1.50. The molecule has 1 unspecified atom stereocenters. The Morgan fingerprint density at radius 1 is 1.15 bits per heavy atom. The quantitative estimate of drug-likeness (QED) is 0.597. The molecule has 0 saturated heterocycles. The van der Waals surface area contributed by atoms with Crippen LogP contribution in [0.1, 0.15) is 24.1 Å². The van der Waals surface area contributed by atoms with Gasteiger partial charge in [0.1, 0.15) is 0 Å². The predicted molar refractivity (Wildman–Crippen MR) is 100 cm³/mol. The van der Waals surface area contributed by atoms with Gasteiger partial charge in [0.15, 0.2) is 11.6 Å². The monoisotopic (exact) mass is 343 g/mol. The van der Waals surface area contributed by atoms with Gasteiger partial charge in [0.2, 0.25) is 0 Å². The maximum Gasteiger partial charge on any atom is 0.175 e. The fourth-order valence-corrected chi connectivity index (χ4v) is 3.21. The van der Waals surface area contributed by atoms with Gasteiger partial charge in [0.05, 0.1) is 29.8 Å². The molecule has 2 N–H and O–H groups in total. The minimum atomic E-state index is 0.259. The average molecular weight is 343 g/mol. The Bertz CT molecular complexity index is 1110. The van der Waals surface area contributed by atoms with Crippen LogP contribution in [-0.4, -0.2) is 35.9 Å². The lowest BCUT2D eigenvalue weighted by atomic mass is 10.1. The summed E-state index contributed by atoms with van der Waals surface area (Å²) in [5.41, 5.74) is 7.49. The molecule has 4 aromatic rings. The maximum atomic E-state index is 4.55. The highest BCUT2D eigenvalue weighted by atomic mass is 15.5. The van der Waals surface area contributed by atoms with Gasteiger partial charge in [-0.2, -0.15) is 0 Å². The first-order valence-corrected chi connectivity index (χ1v) is 8.53. The lowest BCUT2D eigenvalue weighted by molar-refractivity contribution is 0.725. The Labute approximate surface area is 149 Å². The summed E-state index contributed by atoms with van der Waals surface area (Å²) >= 11 is 0. The van der Waals surface area contributed by atoms with Crippen molar-refractivity contribution in [1.82, 2.24) is 29.8 Å². The summed E-state index contributed by atoms with van der Waals surface area (Å²) in [6.45, 7) is 2.10. The molecule has 26 heavy (non-hydrogen) atoms. The fourth-order valence-electron chi connectivity index (χ4n) is 3.21. The predicted octanol–water partition coefficient (Wildman–Crippen LogP) is 2.77. The third kappa shape index (κ3) is 2.54. The van der Waals surface area contributed by atoms with Crippen molar-refractivity contribution in [3.63, 3.8) is 0 Å². The van der Waals surface area contributed by atoms with Crippen LogP contribution < -0.4 is 5.43 Å². The first-order valence-electron chi connectivity index (χ1n) is 8.53. The zero-order valence-corrected chi connectivity index (χ0v) is 14.2. The number of hydrogen-bond acceptors (Lipinski definition) is 5. The molecule has 1 aromatic carbocycles. The van der Waals surface area contributed by atoms with Gasteiger partial charge in [-0.05, 0) is 36.8 Å². The van der Waals surface area contributed by atoms with E-state index in [9.17, 15) is 0 Å². The van der Waals surface area contributed by atoms with Gasteiger partial charge in [-0.25, -0.2) is 9.66 Å². The van der Waals surface area contributed by atoms with Crippen molar-refractivity contribution in [1.29, 1.82) is 0 Å². The van der Waals surface area contributed by atoms with Crippen LogP contribution in [0, 0.1) is 0 Å². The molecule has 0 spiro atoms. The van der Waals surface area contributed by atoms with E-state index in [1.54, 1.807) is 12.5 Å². The number of fused-ring (bicyclic) bond motifs is 2.